The van der Waals surface area contributed by atoms with Crippen LogP contribution in [0, 0.1) is 11.3 Å². The van der Waals surface area contributed by atoms with Crippen molar-refractivity contribution >= 4 is 0 Å². The van der Waals surface area contributed by atoms with Crippen LogP contribution >= 0.6 is 0 Å². The molecule has 1 aliphatic carbocycles. The van der Waals surface area contributed by atoms with Crippen molar-refractivity contribution < 1.29 is 26.3 Å². The Bertz CT molecular complexity index is 249. The van der Waals surface area contributed by atoms with E-state index in [-0.39, 0.29) is 6.42 Å². The van der Waals surface area contributed by atoms with Gasteiger partial charge >= 0.3 is 11.8 Å². The van der Waals surface area contributed by atoms with E-state index >= 15 is 0 Å². The summed E-state index contributed by atoms with van der Waals surface area (Å²) < 4.78 is 77.8. The van der Waals surface area contributed by atoms with Crippen molar-refractivity contribution in [2.24, 2.45) is 11.3 Å². The number of hydrogen-bond donors (Lipinski definition) is 0. The zero-order valence-electron chi connectivity index (χ0n) is 8.34. The second-order valence-electron chi connectivity index (χ2n) is 4.36. The van der Waals surface area contributed by atoms with Crippen LogP contribution in [0.15, 0.2) is 0 Å². The highest BCUT2D eigenvalue weighted by Crippen LogP contribution is 2.59. The van der Waals surface area contributed by atoms with Gasteiger partial charge in [0.05, 0.1) is 5.41 Å². The molecule has 0 heterocycles. The minimum Gasteiger partial charge on any atom is -0.210 e. The van der Waals surface area contributed by atoms with Gasteiger partial charge in [0.2, 0.25) is 6.43 Å². The molecule has 0 aromatic carbocycles. The summed E-state index contributed by atoms with van der Waals surface area (Å²) in [7, 11) is 0. The summed E-state index contributed by atoms with van der Waals surface area (Å²) >= 11 is 0. The normalized spacial score (nSPS) is 39.4. The molecule has 1 saturated carbocycles. The molecule has 2 atom stereocenters. The van der Waals surface area contributed by atoms with Gasteiger partial charge in [-0.05, 0) is 19.8 Å². The van der Waals surface area contributed by atoms with E-state index in [9.17, 15) is 26.3 Å². The molecule has 15 heavy (non-hydrogen) atoms. The molecular formula is C9H12F6. The standard InChI is InChI=1S/C9H12F6/c1-5-3-4-7(2,6(10)11)9(14,15)8(5,12)13/h5-6H,3-4H2,1-2H3/t5-,7?/m1/s1. The van der Waals surface area contributed by atoms with Crippen LogP contribution in [-0.4, -0.2) is 18.3 Å². The third-order valence-electron chi connectivity index (χ3n) is 3.33. The van der Waals surface area contributed by atoms with Crippen molar-refractivity contribution in [2.45, 2.75) is 45.0 Å². The second-order valence-corrected chi connectivity index (χ2v) is 4.36. The van der Waals surface area contributed by atoms with Crippen molar-refractivity contribution in [1.29, 1.82) is 0 Å². The van der Waals surface area contributed by atoms with Crippen LogP contribution < -0.4 is 0 Å². The predicted molar refractivity (Wildman–Crippen MR) is 42.4 cm³/mol. The first kappa shape index (κ1) is 12.6. The number of rotatable bonds is 1. The third-order valence-corrected chi connectivity index (χ3v) is 3.33. The topological polar surface area (TPSA) is 0 Å². The van der Waals surface area contributed by atoms with Crippen molar-refractivity contribution in [2.75, 3.05) is 0 Å². The summed E-state index contributed by atoms with van der Waals surface area (Å²) in [5.41, 5.74) is -2.93. The van der Waals surface area contributed by atoms with Gasteiger partial charge in [0.25, 0.3) is 0 Å². The lowest BCUT2D eigenvalue weighted by molar-refractivity contribution is -0.327. The average molecular weight is 234 g/mol. The fourth-order valence-corrected chi connectivity index (χ4v) is 1.79. The van der Waals surface area contributed by atoms with E-state index in [0.717, 1.165) is 6.92 Å². The van der Waals surface area contributed by atoms with Gasteiger partial charge in [-0.25, -0.2) is 8.78 Å². The van der Waals surface area contributed by atoms with Crippen molar-refractivity contribution in [1.82, 2.24) is 0 Å². The molecule has 0 bridgehead atoms. The van der Waals surface area contributed by atoms with E-state index in [2.05, 4.69) is 0 Å². The van der Waals surface area contributed by atoms with E-state index in [1.54, 1.807) is 0 Å². The van der Waals surface area contributed by atoms with Crippen LogP contribution in [0.5, 0.6) is 0 Å². The summed E-state index contributed by atoms with van der Waals surface area (Å²) in [6.07, 6.45) is -4.36. The van der Waals surface area contributed by atoms with Gasteiger partial charge in [-0.3, -0.25) is 0 Å². The van der Waals surface area contributed by atoms with Crippen molar-refractivity contribution in [3.05, 3.63) is 0 Å². The lowest BCUT2D eigenvalue weighted by atomic mass is 9.67. The Labute approximate surface area is 83.6 Å². The predicted octanol–water partition coefficient (Wildman–Crippen LogP) is 3.96. The maximum Gasteiger partial charge on any atom is 0.321 e. The maximum absolute atomic E-state index is 13.3. The highest BCUT2D eigenvalue weighted by Gasteiger charge is 2.73. The van der Waals surface area contributed by atoms with E-state index < -0.39 is 36.0 Å². The summed E-state index contributed by atoms with van der Waals surface area (Å²) in [6.45, 7) is 1.48. The van der Waals surface area contributed by atoms with Crippen LogP contribution in [0.1, 0.15) is 26.7 Å². The molecule has 0 N–H and O–H groups in total. The summed E-state index contributed by atoms with van der Waals surface area (Å²) in [6, 6.07) is 0. The highest BCUT2D eigenvalue weighted by atomic mass is 19.3. The zero-order chi connectivity index (χ0) is 12.1. The van der Waals surface area contributed by atoms with Crippen LogP contribution in [0.4, 0.5) is 26.3 Å². The average Bonchev–Trinajstić information content (AvgIpc) is 2.10. The first-order chi connectivity index (χ1) is 6.57. The number of halogens is 6. The Balaban J connectivity index is 3.16. The molecule has 0 radical (unpaired) electrons. The van der Waals surface area contributed by atoms with Crippen LogP contribution in [0.25, 0.3) is 0 Å². The van der Waals surface area contributed by atoms with Crippen LogP contribution in [0.2, 0.25) is 0 Å². The SMILES string of the molecule is C[C@@H]1CCC(C)(C(F)F)C(F)(F)C1(F)F. The third kappa shape index (κ3) is 1.44. The smallest absolute Gasteiger partial charge is 0.210 e. The Morgan fingerprint density at radius 3 is 2.00 bits per heavy atom. The Morgan fingerprint density at radius 2 is 1.60 bits per heavy atom. The molecule has 0 nitrogen and oxygen atoms in total. The van der Waals surface area contributed by atoms with Gasteiger partial charge < -0.3 is 0 Å². The molecule has 90 valence electrons. The summed E-state index contributed by atoms with van der Waals surface area (Å²) in [5.74, 6) is -10.6. The number of alkyl halides is 6. The zero-order valence-corrected chi connectivity index (χ0v) is 8.34. The first-order valence-corrected chi connectivity index (χ1v) is 4.61. The minimum absolute atomic E-state index is 0.316. The molecule has 0 aromatic heterocycles. The fourth-order valence-electron chi connectivity index (χ4n) is 1.79. The van der Waals surface area contributed by atoms with Gasteiger partial charge in [0.15, 0.2) is 0 Å². The van der Waals surface area contributed by atoms with Crippen LogP contribution in [-0.2, 0) is 0 Å². The quantitative estimate of drug-likeness (QED) is 0.602. The monoisotopic (exact) mass is 234 g/mol. The lowest BCUT2D eigenvalue weighted by Crippen LogP contribution is -2.61. The van der Waals surface area contributed by atoms with Gasteiger partial charge in [-0.2, -0.15) is 17.6 Å². The van der Waals surface area contributed by atoms with E-state index in [4.69, 9.17) is 0 Å². The van der Waals surface area contributed by atoms with Crippen molar-refractivity contribution in [3.8, 4) is 0 Å². The van der Waals surface area contributed by atoms with Gasteiger partial charge in [-0.15, -0.1) is 0 Å². The molecule has 6 heteroatoms. The van der Waals surface area contributed by atoms with Gasteiger partial charge in [-0.1, -0.05) is 6.92 Å². The molecular weight excluding hydrogens is 222 g/mol. The second kappa shape index (κ2) is 3.28. The molecule has 0 spiro atoms. The molecule has 1 fully saturated rings. The minimum atomic E-state index is -4.66. The molecule has 0 saturated heterocycles. The Hall–Kier alpha value is -0.420. The fraction of sp³-hybridized carbons (Fsp3) is 1.00. The lowest BCUT2D eigenvalue weighted by Gasteiger charge is -2.47. The number of hydrogen-bond acceptors (Lipinski definition) is 0. The van der Waals surface area contributed by atoms with Crippen molar-refractivity contribution in [3.63, 3.8) is 0 Å². The Kier molecular flexibility index (Phi) is 2.77. The molecule has 0 aliphatic heterocycles. The summed E-state index contributed by atoms with van der Waals surface area (Å²) in [5, 5.41) is 0. The molecule has 1 unspecified atom stereocenters. The Morgan fingerprint density at radius 1 is 1.13 bits per heavy atom. The molecule has 0 aromatic rings. The van der Waals surface area contributed by atoms with Gasteiger partial charge in [0.1, 0.15) is 0 Å². The van der Waals surface area contributed by atoms with E-state index in [1.807, 2.05) is 0 Å². The van der Waals surface area contributed by atoms with Gasteiger partial charge in [0, 0.05) is 5.92 Å². The molecule has 1 aliphatic rings. The van der Waals surface area contributed by atoms with E-state index in [0.29, 0.717) is 6.92 Å². The largest absolute Gasteiger partial charge is 0.321 e. The molecule has 1 rings (SSSR count). The highest BCUT2D eigenvalue weighted by molar-refractivity contribution is 5.05. The van der Waals surface area contributed by atoms with E-state index in [1.165, 1.54) is 0 Å². The van der Waals surface area contributed by atoms with Crippen LogP contribution in [0.3, 0.4) is 0 Å². The summed E-state index contributed by atoms with van der Waals surface area (Å²) in [4.78, 5) is 0. The first-order valence-electron chi connectivity index (χ1n) is 4.61. The maximum atomic E-state index is 13.3. The molecule has 0 amide bonds.